The van der Waals surface area contributed by atoms with Gasteiger partial charge in [-0.2, -0.15) is 0 Å². The Labute approximate surface area is 197 Å². The highest BCUT2D eigenvalue weighted by Gasteiger charge is 2.39. The predicted molar refractivity (Wildman–Crippen MR) is 131 cm³/mol. The van der Waals surface area contributed by atoms with E-state index in [-0.39, 0.29) is 17.7 Å². The molecule has 3 fully saturated rings. The van der Waals surface area contributed by atoms with Gasteiger partial charge in [0.15, 0.2) is 16.7 Å². The van der Waals surface area contributed by atoms with Crippen molar-refractivity contribution in [2.45, 2.75) is 83.2 Å². The van der Waals surface area contributed by atoms with Gasteiger partial charge in [0.1, 0.15) is 0 Å². The molecule has 2 saturated carbocycles. The summed E-state index contributed by atoms with van der Waals surface area (Å²) in [6.07, 6.45) is 13.6. The van der Waals surface area contributed by atoms with E-state index < -0.39 is 0 Å². The number of nitrogens with zero attached hydrogens (tertiary/aromatic N) is 2. The van der Waals surface area contributed by atoms with E-state index in [9.17, 15) is 9.90 Å². The fraction of sp³-hybridized carbons (Fsp3) is 0.583. The molecule has 0 bridgehead atoms. The number of aromatic hydroxyl groups is 1. The summed E-state index contributed by atoms with van der Waals surface area (Å²) < 4.78 is 6.27. The van der Waals surface area contributed by atoms with E-state index in [1.807, 2.05) is 17.9 Å². The molecule has 1 aromatic carbocycles. The van der Waals surface area contributed by atoms with Crippen molar-refractivity contribution in [3.8, 4) is 11.5 Å². The Kier molecular flexibility index (Phi) is 7.64. The summed E-state index contributed by atoms with van der Waals surface area (Å²) in [5.74, 6) is 0.572. The van der Waals surface area contributed by atoms with Crippen molar-refractivity contribution in [3.05, 3.63) is 27.1 Å². The first kappa shape index (κ1) is 22.7. The van der Waals surface area contributed by atoms with E-state index in [0.29, 0.717) is 23.3 Å². The number of hydrogen-bond acceptors (Lipinski definition) is 5. The second-order valence-electron chi connectivity index (χ2n) is 8.56. The zero-order chi connectivity index (χ0) is 21.8. The zero-order valence-corrected chi connectivity index (χ0v) is 20.5. The van der Waals surface area contributed by atoms with Crippen molar-refractivity contribution in [1.82, 2.24) is 4.90 Å². The third kappa shape index (κ3) is 5.30. The number of ether oxygens (including phenoxy) is 1. The van der Waals surface area contributed by atoms with Crippen LogP contribution in [0.3, 0.4) is 0 Å². The number of benzene rings is 1. The van der Waals surface area contributed by atoms with Crippen LogP contribution < -0.4 is 4.74 Å². The predicted octanol–water partition coefficient (Wildman–Crippen LogP) is 6.49. The second-order valence-corrected chi connectivity index (χ2v) is 10.4. The third-order valence-corrected chi connectivity index (χ3v) is 7.99. The molecule has 1 heterocycles. The lowest BCUT2D eigenvalue weighted by Crippen LogP contribution is -2.41. The van der Waals surface area contributed by atoms with Gasteiger partial charge in [0.2, 0.25) is 0 Å². The number of amides is 1. The van der Waals surface area contributed by atoms with E-state index in [2.05, 4.69) is 15.9 Å². The minimum atomic E-state index is 0.0596. The highest BCUT2D eigenvalue weighted by Crippen LogP contribution is 2.40. The lowest BCUT2D eigenvalue weighted by Gasteiger charge is -2.31. The molecule has 7 heteroatoms. The number of phenols is 1. The fourth-order valence-corrected chi connectivity index (χ4v) is 6.23. The zero-order valence-electron chi connectivity index (χ0n) is 18.1. The molecule has 2 aliphatic carbocycles. The Bertz CT molecular complexity index is 874. The van der Waals surface area contributed by atoms with Crippen molar-refractivity contribution >= 4 is 44.8 Å². The van der Waals surface area contributed by atoms with Crippen LogP contribution in [0.15, 0.2) is 26.5 Å². The third-order valence-electron chi connectivity index (χ3n) is 6.31. The van der Waals surface area contributed by atoms with Crippen molar-refractivity contribution in [2.24, 2.45) is 4.99 Å². The van der Waals surface area contributed by atoms with Crippen LogP contribution in [0.1, 0.15) is 76.7 Å². The average Bonchev–Trinajstić information content (AvgIpc) is 3.07. The average molecular weight is 507 g/mol. The van der Waals surface area contributed by atoms with Gasteiger partial charge in [-0.05, 0) is 68.1 Å². The maximum absolute atomic E-state index is 13.5. The molecule has 1 N–H and O–H groups in total. The van der Waals surface area contributed by atoms with Crippen molar-refractivity contribution in [2.75, 3.05) is 6.61 Å². The van der Waals surface area contributed by atoms with Crippen LogP contribution in [-0.2, 0) is 4.79 Å². The van der Waals surface area contributed by atoms with Gasteiger partial charge in [0.05, 0.1) is 17.6 Å². The number of aliphatic imine (C=N–C) groups is 1. The highest BCUT2D eigenvalue weighted by molar-refractivity contribution is 9.10. The number of halogens is 1. The molecule has 0 spiro atoms. The van der Waals surface area contributed by atoms with Gasteiger partial charge in [-0.25, -0.2) is 0 Å². The Balaban J connectivity index is 1.66. The van der Waals surface area contributed by atoms with Crippen molar-refractivity contribution < 1.29 is 14.6 Å². The van der Waals surface area contributed by atoms with Crippen LogP contribution in [0.4, 0.5) is 0 Å². The summed E-state index contributed by atoms with van der Waals surface area (Å²) >= 11 is 5.03. The van der Waals surface area contributed by atoms with E-state index in [1.165, 1.54) is 50.3 Å². The first-order chi connectivity index (χ1) is 15.1. The molecular formula is C24H31BrN2O3S. The van der Waals surface area contributed by atoms with Gasteiger partial charge < -0.3 is 9.84 Å². The highest BCUT2D eigenvalue weighted by atomic mass is 79.9. The largest absolute Gasteiger partial charge is 0.504 e. The monoisotopic (exact) mass is 506 g/mol. The molecule has 31 heavy (non-hydrogen) atoms. The lowest BCUT2D eigenvalue weighted by atomic mass is 9.94. The minimum absolute atomic E-state index is 0.0596. The summed E-state index contributed by atoms with van der Waals surface area (Å²) in [5.41, 5.74) is 0.819. The Morgan fingerprint density at radius 1 is 1.16 bits per heavy atom. The molecule has 1 saturated heterocycles. The quantitative estimate of drug-likeness (QED) is 0.463. The maximum atomic E-state index is 13.5. The first-order valence-corrected chi connectivity index (χ1v) is 13.1. The molecule has 168 valence electrons. The van der Waals surface area contributed by atoms with Gasteiger partial charge in [0.25, 0.3) is 5.91 Å². The van der Waals surface area contributed by atoms with Crippen LogP contribution in [0.2, 0.25) is 0 Å². The number of carbonyl (C=O) groups is 1. The SMILES string of the molecule is CCOc1cc(C=C2SC(=NC3CCCCC3)N(C3CCCCC3)C2=O)c(Br)cc1O. The van der Waals surface area contributed by atoms with E-state index in [1.54, 1.807) is 12.1 Å². The van der Waals surface area contributed by atoms with Crippen LogP contribution in [0.25, 0.3) is 6.08 Å². The smallest absolute Gasteiger partial charge is 0.267 e. The van der Waals surface area contributed by atoms with Gasteiger partial charge in [-0.15, -0.1) is 0 Å². The minimum Gasteiger partial charge on any atom is -0.504 e. The van der Waals surface area contributed by atoms with Crippen molar-refractivity contribution in [1.29, 1.82) is 0 Å². The molecule has 0 aromatic heterocycles. The molecule has 4 rings (SSSR count). The maximum Gasteiger partial charge on any atom is 0.267 e. The summed E-state index contributed by atoms with van der Waals surface area (Å²) in [5, 5.41) is 11.0. The molecule has 0 unspecified atom stereocenters. The standard InChI is InChI=1S/C24H31BrN2O3S/c1-2-30-21-13-16(19(25)15-20(21)28)14-22-23(29)27(18-11-7-4-8-12-18)24(31-22)26-17-9-5-3-6-10-17/h13-15,17-18,28H,2-12H2,1H3. The summed E-state index contributed by atoms with van der Waals surface area (Å²) in [7, 11) is 0. The second kappa shape index (κ2) is 10.4. The van der Waals surface area contributed by atoms with E-state index in [4.69, 9.17) is 9.73 Å². The molecule has 0 radical (unpaired) electrons. The number of thioether (sulfide) groups is 1. The summed E-state index contributed by atoms with van der Waals surface area (Å²) in [6, 6.07) is 3.99. The molecule has 0 atom stereocenters. The Morgan fingerprint density at radius 3 is 2.52 bits per heavy atom. The summed E-state index contributed by atoms with van der Waals surface area (Å²) in [6.45, 7) is 2.35. The number of rotatable bonds is 5. The normalized spacial score (nSPS) is 23.8. The Hall–Kier alpha value is -1.47. The molecule has 1 aromatic rings. The van der Waals surface area contributed by atoms with E-state index >= 15 is 0 Å². The topological polar surface area (TPSA) is 62.1 Å². The van der Waals surface area contributed by atoms with Gasteiger partial charge in [-0.1, -0.05) is 54.5 Å². The molecular weight excluding hydrogens is 476 g/mol. The number of carbonyl (C=O) groups excluding carboxylic acids is 1. The molecule has 1 aliphatic heterocycles. The number of amidine groups is 1. The molecule has 3 aliphatic rings. The fourth-order valence-electron chi connectivity index (χ4n) is 4.69. The van der Waals surface area contributed by atoms with E-state index in [0.717, 1.165) is 40.9 Å². The summed E-state index contributed by atoms with van der Waals surface area (Å²) in [4.78, 5) is 21.3. The number of phenolic OH excluding ortho intramolecular Hbond substituents is 1. The van der Waals surface area contributed by atoms with Crippen LogP contribution in [0, 0.1) is 0 Å². The lowest BCUT2D eigenvalue weighted by molar-refractivity contribution is -0.124. The van der Waals surface area contributed by atoms with Crippen molar-refractivity contribution in [3.63, 3.8) is 0 Å². The number of hydrogen-bond donors (Lipinski definition) is 1. The first-order valence-electron chi connectivity index (χ1n) is 11.5. The van der Waals surface area contributed by atoms with Gasteiger partial charge >= 0.3 is 0 Å². The van der Waals surface area contributed by atoms with Crippen LogP contribution >= 0.6 is 27.7 Å². The van der Waals surface area contributed by atoms with Crippen LogP contribution in [-0.4, -0.2) is 39.8 Å². The molecule has 5 nitrogen and oxygen atoms in total. The molecule has 1 amide bonds. The van der Waals surface area contributed by atoms with Gasteiger partial charge in [-0.3, -0.25) is 14.7 Å². The van der Waals surface area contributed by atoms with Crippen LogP contribution in [0.5, 0.6) is 11.5 Å². The van der Waals surface area contributed by atoms with Gasteiger partial charge in [0, 0.05) is 10.5 Å². The Morgan fingerprint density at radius 2 is 1.84 bits per heavy atom.